The van der Waals surface area contributed by atoms with E-state index in [0.29, 0.717) is 5.25 Å². The van der Waals surface area contributed by atoms with Gasteiger partial charge < -0.3 is 9.47 Å². The highest BCUT2D eigenvalue weighted by Crippen LogP contribution is 2.47. The van der Waals surface area contributed by atoms with Crippen LogP contribution in [-0.2, 0) is 0 Å². The van der Waals surface area contributed by atoms with Crippen molar-refractivity contribution in [3.8, 4) is 5.69 Å². The topological polar surface area (TPSA) is 33.4 Å². The minimum atomic E-state index is -0.234. The van der Waals surface area contributed by atoms with Gasteiger partial charge in [0.15, 0.2) is 5.17 Å². The first-order chi connectivity index (χ1) is 13.2. The Bertz CT molecular complexity index is 1000. The molecule has 3 aromatic rings. The Labute approximate surface area is 161 Å². The summed E-state index contributed by atoms with van der Waals surface area (Å²) < 4.78 is 15.9. The lowest BCUT2D eigenvalue weighted by atomic mass is 10.0. The van der Waals surface area contributed by atoms with Gasteiger partial charge in [-0.25, -0.2) is 4.39 Å². The van der Waals surface area contributed by atoms with Gasteiger partial charge in [0.1, 0.15) is 11.9 Å². The predicted octanol–water partition coefficient (Wildman–Crippen LogP) is 4.60. The van der Waals surface area contributed by atoms with Crippen molar-refractivity contribution in [3.63, 3.8) is 0 Å². The summed E-state index contributed by atoms with van der Waals surface area (Å²) in [6.07, 6.45) is 3.81. The minimum absolute atomic E-state index is 0.0469. The van der Waals surface area contributed by atoms with Crippen LogP contribution in [0.3, 0.4) is 0 Å². The fraction of sp³-hybridized carbons (Fsp3) is 0.238. The van der Waals surface area contributed by atoms with Crippen LogP contribution in [0.15, 0.2) is 72.0 Å². The van der Waals surface area contributed by atoms with Crippen LogP contribution in [0, 0.1) is 5.82 Å². The van der Waals surface area contributed by atoms with Crippen LogP contribution < -0.4 is 0 Å². The summed E-state index contributed by atoms with van der Waals surface area (Å²) in [7, 11) is 0. The molecule has 5 rings (SSSR count). The van der Waals surface area contributed by atoms with E-state index in [1.165, 1.54) is 6.07 Å². The molecule has 1 aromatic carbocycles. The highest BCUT2D eigenvalue weighted by Gasteiger charge is 2.44. The number of nitrogens with zero attached hydrogens (tertiary/aromatic N) is 4. The molecular formula is C21H19FN4S. The number of thioether (sulfide) groups is 1. The molecule has 0 N–H and O–H groups in total. The van der Waals surface area contributed by atoms with E-state index >= 15 is 0 Å². The summed E-state index contributed by atoms with van der Waals surface area (Å²) in [4.78, 5) is 12.0. The van der Waals surface area contributed by atoms with Crippen LogP contribution in [-0.4, -0.2) is 31.4 Å². The number of pyridine rings is 1. The van der Waals surface area contributed by atoms with Crippen LogP contribution >= 0.6 is 11.8 Å². The Balaban J connectivity index is 1.62. The number of halogens is 1. The van der Waals surface area contributed by atoms with Crippen LogP contribution in [0.2, 0.25) is 0 Å². The molecule has 1 fully saturated rings. The molecule has 6 heteroatoms. The van der Waals surface area contributed by atoms with Gasteiger partial charge in [0.25, 0.3) is 0 Å². The van der Waals surface area contributed by atoms with Crippen molar-refractivity contribution in [2.45, 2.75) is 24.3 Å². The second-order valence-electron chi connectivity index (χ2n) is 6.92. The summed E-state index contributed by atoms with van der Waals surface area (Å²) >= 11 is 1.82. The van der Waals surface area contributed by atoms with Crippen molar-refractivity contribution in [2.24, 2.45) is 4.99 Å². The third kappa shape index (κ3) is 2.84. The van der Waals surface area contributed by atoms with Crippen LogP contribution in [0.25, 0.3) is 5.69 Å². The third-order valence-electron chi connectivity index (χ3n) is 5.05. The lowest BCUT2D eigenvalue weighted by Gasteiger charge is -2.28. The zero-order chi connectivity index (χ0) is 18.4. The largest absolute Gasteiger partial charge is 0.339 e. The number of hydrogen-bond acceptors (Lipinski definition) is 4. The van der Waals surface area contributed by atoms with Gasteiger partial charge in [-0.1, -0.05) is 30.8 Å². The molecule has 4 nitrogen and oxygen atoms in total. The fourth-order valence-corrected chi connectivity index (χ4v) is 5.03. The number of fused-ring (bicyclic) bond motifs is 1. The van der Waals surface area contributed by atoms with E-state index in [0.717, 1.165) is 28.8 Å². The molecular weight excluding hydrogens is 359 g/mol. The van der Waals surface area contributed by atoms with Crippen molar-refractivity contribution in [1.82, 2.24) is 14.5 Å². The first-order valence-corrected chi connectivity index (χ1v) is 9.94. The Morgan fingerprint density at radius 3 is 2.85 bits per heavy atom. The van der Waals surface area contributed by atoms with Crippen LogP contribution in [0.5, 0.6) is 0 Å². The van der Waals surface area contributed by atoms with Gasteiger partial charge in [0.05, 0.1) is 11.7 Å². The number of hydrogen-bond donors (Lipinski definition) is 0. The van der Waals surface area contributed by atoms with Gasteiger partial charge in [0, 0.05) is 35.6 Å². The maximum atomic E-state index is 13.8. The molecule has 0 bridgehead atoms. The summed E-state index contributed by atoms with van der Waals surface area (Å²) in [6, 6.07) is 16.8. The van der Waals surface area contributed by atoms with E-state index < -0.39 is 0 Å². The lowest BCUT2D eigenvalue weighted by Crippen LogP contribution is -2.30. The highest BCUT2D eigenvalue weighted by molar-refractivity contribution is 8.14. The van der Waals surface area contributed by atoms with Gasteiger partial charge in [-0.05, 0) is 42.5 Å². The zero-order valence-electron chi connectivity index (χ0n) is 14.9. The maximum absolute atomic E-state index is 13.8. The van der Waals surface area contributed by atoms with Gasteiger partial charge in [0.2, 0.25) is 0 Å². The molecule has 2 aromatic heterocycles. The third-order valence-corrected chi connectivity index (χ3v) is 6.15. The molecule has 0 amide bonds. The zero-order valence-corrected chi connectivity index (χ0v) is 15.7. The smallest absolute Gasteiger partial charge is 0.160 e. The molecule has 2 aliphatic rings. The highest BCUT2D eigenvalue weighted by atomic mass is 32.2. The molecule has 0 saturated carbocycles. The first kappa shape index (κ1) is 16.6. The van der Waals surface area contributed by atoms with Gasteiger partial charge >= 0.3 is 0 Å². The van der Waals surface area contributed by atoms with E-state index in [2.05, 4.69) is 27.4 Å². The molecule has 0 unspecified atom stereocenters. The number of amidine groups is 1. The van der Waals surface area contributed by atoms with Gasteiger partial charge in [-0.2, -0.15) is 0 Å². The lowest BCUT2D eigenvalue weighted by molar-refractivity contribution is 0.312. The van der Waals surface area contributed by atoms with E-state index in [4.69, 9.17) is 4.99 Å². The minimum Gasteiger partial charge on any atom is -0.339 e. The molecule has 4 heterocycles. The average Bonchev–Trinajstić information content (AvgIpc) is 3.36. The quantitative estimate of drug-likeness (QED) is 0.668. The molecule has 0 radical (unpaired) electrons. The Kier molecular flexibility index (Phi) is 4.01. The molecule has 1 saturated heterocycles. The van der Waals surface area contributed by atoms with E-state index in [1.807, 2.05) is 54.5 Å². The van der Waals surface area contributed by atoms with Crippen molar-refractivity contribution < 1.29 is 4.39 Å². The van der Waals surface area contributed by atoms with Gasteiger partial charge in [-0.3, -0.25) is 9.98 Å². The second-order valence-corrected chi connectivity index (χ2v) is 8.33. The first-order valence-electron chi connectivity index (χ1n) is 9.06. The van der Waals surface area contributed by atoms with Crippen molar-refractivity contribution in [1.29, 1.82) is 0 Å². The fourth-order valence-electron chi connectivity index (χ4n) is 3.93. The molecule has 136 valence electrons. The number of rotatable bonds is 3. The summed E-state index contributed by atoms with van der Waals surface area (Å²) in [5, 5.41) is 1.59. The van der Waals surface area contributed by atoms with E-state index in [1.54, 1.807) is 12.1 Å². The van der Waals surface area contributed by atoms with E-state index in [9.17, 15) is 4.39 Å². The maximum Gasteiger partial charge on any atom is 0.160 e. The molecule has 0 spiro atoms. The number of benzene rings is 1. The Hall–Kier alpha value is -2.60. The Morgan fingerprint density at radius 2 is 2.04 bits per heavy atom. The number of aromatic nitrogens is 2. The van der Waals surface area contributed by atoms with Crippen LogP contribution in [0.1, 0.15) is 30.4 Å². The molecule has 3 atom stereocenters. The molecule has 0 aliphatic carbocycles. The second kappa shape index (κ2) is 6.53. The summed E-state index contributed by atoms with van der Waals surface area (Å²) in [5.41, 5.74) is 2.89. The SMILES string of the molecule is C[C@H]1CN2C(=N[C@H](c3ccccn3)[C@@H]2c2cccn2-c2cccc(F)c2)S1. The van der Waals surface area contributed by atoms with Crippen LogP contribution in [0.4, 0.5) is 4.39 Å². The molecule has 27 heavy (non-hydrogen) atoms. The number of aliphatic imine (C=N–C) groups is 1. The van der Waals surface area contributed by atoms with E-state index in [-0.39, 0.29) is 17.9 Å². The Morgan fingerprint density at radius 1 is 1.11 bits per heavy atom. The van der Waals surface area contributed by atoms with Crippen molar-refractivity contribution in [2.75, 3.05) is 6.54 Å². The monoisotopic (exact) mass is 378 g/mol. The predicted molar refractivity (Wildman–Crippen MR) is 107 cm³/mol. The summed E-state index contributed by atoms with van der Waals surface area (Å²) in [5.74, 6) is -0.234. The van der Waals surface area contributed by atoms with Crippen molar-refractivity contribution in [3.05, 3.63) is 84.2 Å². The standard InChI is InChI=1S/C21H19FN4S/c1-14-13-26-20(19(24-21(26)27-14)17-8-2-3-10-23-17)18-9-5-11-25(18)16-7-4-6-15(22)12-16/h2-12,14,19-20H,13H2,1H3/t14-,19+,20-/m0/s1. The summed E-state index contributed by atoms with van der Waals surface area (Å²) in [6.45, 7) is 3.18. The van der Waals surface area contributed by atoms with Crippen molar-refractivity contribution >= 4 is 16.9 Å². The molecule has 2 aliphatic heterocycles. The normalized spacial score (nSPS) is 24.1. The average molecular weight is 378 g/mol. The van der Waals surface area contributed by atoms with Gasteiger partial charge in [-0.15, -0.1) is 0 Å².